The first kappa shape index (κ1) is 13.0. The van der Waals surface area contributed by atoms with Gasteiger partial charge in [-0.1, -0.05) is 20.3 Å². The van der Waals surface area contributed by atoms with Gasteiger partial charge in [0.25, 0.3) is 0 Å². The standard InChI is InChI=1S/C13H28N2/c1-13(2,12-7-6-8-12)11-15-10-5-4-9-14-3/h12,14-15H,4-11H2,1-3H3. The Kier molecular flexibility index (Phi) is 5.62. The maximum Gasteiger partial charge on any atom is 0.000517 e. The van der Waals surface area contributed by atoms with E-state index in [1.807, 2.05) is 7.05 Å². The fourth-order valence-electron chi connectivity index (χ4n) is 2.30. The van der Waals surface area contributed by atoms with Crippen LogP contribution < -0.4 is 10.6 Å². The zero-order chi connectivity index (χ0) is 11.1. The van der Waals surface area contributed by atoms with Crippen LogP contribution in [0.3, 0.4) is 0 Å². The molecule has 2 N–H and O–H groups in total. The highest BCUT2D eigenvalue weighted by Gasteiger charge is 2.33. The quantitative estimate of drug-likeness (QED) is 0.604. The van der Waals surface area contributed by atoms with E-state index in [-0.39, 0.29) is 0 Å². The molecule has 0 atom stereocenters. The summed E-state index contributed by atoms with van der Waals surface area (Å²) in [7, 11) is 2.02. The summed E-state index contributed by atoms with van der Waals surface area (Å²) in [5.41, 5.74) is 0.515. The van der Waals surface area contributed by atoms with Gasteiger partial charge in [-0.25, -0.2) is 0 Å². The summed E-state index contributed by atoms with van der Waals surface area (Å²) in [6.07, 6.45) is 6.94. The van der Waals surface area contributed by atoms with Crippen LogP contribution in [0.2, 0.25) is 0 Å². The van der Waals surface area contributed by atoms with Gasteiger partial charge in [-0.2, -0.15) is 0 Å². The van der Waals surface area contributed by atoms with Gasteiger partial charge in [-0.3, -0.25) is 0 Å². The average molecular weight is 212 g/mol. The molecule has 0 aromatic rings. The number of hydrogen-bond acceptors (Lipinski definition) is 2. The molecule has 0 aromatic heterocycles. The van der Waals surface area contributed by atoms with Crippen molar-refractivity contribution in [2.75, 3.05) is 26.7 Å². The summed E-state index contributed by atoms with van der Waals surface area (Å²) in [6.45, 7) is 8.34. The Balaban J connectivity index is 1.98. The lowest BCUT2D eigenvalue weighted by Crippen LogP contribution is -2.39. The topological polar surface area (TPSA) is 24.1 Å². The fraction of sp³-hybridized carbons (Fsp3) is 1.00. The van der Waals surface area contributed by atoms with E-state index in [2.05, 4.69) is 24.5 Å². The predicted molar refractivity (Wildman–Crippen MR) is 67.2 cm³/mol. The van der Waals surface area contributed by atoms with Gasteiger partial charge in [0, 0.05) is 6.54 Å². The highest BCUT2D eigenvalue weighted by Crippen LogP contribution is 2.41. The summed E-state index contributed by atoms with van der Waals surface area (Å²) in [5, 5.41) is 6.79. The van der Waals surface area contributed by atoms with Gasteiger partial charge in [0.2, 0.25) is 0 Å². The Morgan fingerprint density at radius 3 is 2.33 bits per heavy atom. The molecule has 0 aromatic carbocycles. The molecule has 1 saturated carbocycles. The van der Waals surface area contributed by atoms with E-state index < -0.39 is 0 Å². The van der Waals surface area contributed by atoms with E-state index >= 15 is 0 Å². The molecule has 0 amide bonds. The van der Waals surface area contributed by atoms with Crippen LogP contribution in [0.4, 0.5) is 0 Å². The predicted octanol–water partition coefficient (Wildman–Crippen LogP) is 2.40. The monoisotopic (exact) mass is 212 g/mol. The van der Waals surface area contributed by atoms with Crippen molar-refractivity contribution >= 4 is 0 Å². The molecule has 2 heteroatoms. The van der Waals surface area contributed by atoms with Gasteiger partial charge in [-0.15, -0.1) is 0 Å². The fourth-order valence-corrected chi connectivity index (χ4v) is 2.30. The van der Waals surface area contributed by atoms with Gasteiger partial charge in [0.1, 0.15) is 0 Å². The maximum absolute atomic E-state index is 3.61. The highest BCUT2D eigenvalue weighted by molar-refractivity contribution is 4.85. The van der Waals surface area contributed by atoms with Crippen LogP contribution >= 0.6 is 0 Å². The van der Waals surface area contributed by atoms with Crippen molar-refractivity contribution < 1.29 is 0 Å². The van der Waals surface area contributed by atoms with Crippen molar-refractivity contribution in [2.45, 2.75) is 46.0 Å². The molecule has 2 nitrogen and oxygen atoms in total. The zero-order valence-corrected chi connectivity index (χ0v) is 10.7. The third kappa shape index (κ3) is 4.52. The molecular weight excluding hydrogens is 184 g/mol. The first-order valence-corrected chi connectivity index (χ1v) is 6.52. The van der Waals surface area contributed by atoms with Crippen molar-refractivity contribution in [2.24, 2.45) is 11.3 Å². The normalized spacial score (nSPS) is 17.8. The molecule has 1 rings (SSSR count). The minimum Gasteiger partial charge on any atom is -0.320 e. The Morgan fingerprint density at radius 1 is 1.13 bits per heavy atom. The van der Waals surface area contributed by atoms with Crippen LogP contribution in [-0.4, -0.2) is 26.7 Å². The van der Waals surface area contributed by atoms with Gasteiger partial charge < -0.3 is 10.6 Å². The molecule has 0 heterocycles. The van der Waals surface area contributed by atoms with Crippen molar-refractivity contribution in [3.8, 4) is 0 Å². The smallest absolute Gasteiger partial charge is 0.000517 e. The van der Waals surface area contributed by atoms with Crippen LogP contribution in [0.5, 0.6) is 0 Å². The third-order valence-corrected chi connectivity index (χ3v) is 3.82. The molecule has 0 unspecified atom stereocenters. The second-order valence-corrected chi connectivity index (χ2v) is 5.60. The molecule has 0 saturated heterocycles. The van der Waals surface area contributed by atoms with Crippen molar-refractivity contribution in [3.63, 3.8) is 0 Å². The molecule has 0 bridgehead atoms. The van der Waals surface area contributed by atoms with Gasteiger partial charge >= 0.3 is 0 Å². The molecule has 0 spiro atoms. The van der Waals surface area contributed by atoms with Crippen LogP contribution in [0, 0.1) is 11.3 Å². The van der Waals surface area contributed by atoms with E-state index in [0.29, 0.717) is 5.41 Å². The van der Waals surface area contributed by atoms with E-state index in [0.717, 1.165) is 12.5 Å². The Morgan fingerprint density at radius 2 is 1.80 bits per heavy atom. The second-order valence-electron chi connectivity index (χ2n) is 5.60. The van der Waals surface area contributed by atoms with Crippen molar-refractivity contribution in [1.29, 1.82) is 0 Å². The molecular formula is C13H28N2. The van der Waals surface area contributed by atoms with E-state index in [9.17, 15) is 0 Å². The molecule has 0 aliphatic heterocycles. The Bertz CT molecular complexity index is 162. The first-order chi connectivity index (χ1) is 7.17. The lowest BCUT2D eigenvalue weighted by molar-refractivity contribution is 0.119. The summed E-state index contributed by atoms with van der Waals surface area (Å²) < 4.78 is 0. The maximum atomic E-state index is 3.61. The molecule has 1 aliphatic carbocycles. The molecule has 0 radical (unpaired) electrons. The molecule has 90 valence electrons. The van der Waals surface area contributed by atoms with E-state index in [1.54, 1.807) is 0 Å². The first-order valence-electron chi connectivity index (χ1n) is 6.52. The summed E-state index contributed by atoms with van der Waals surface area (Å²) >= 11 is 0. The van der Waals surface area contributed by atoms with Crippen LogP contribution in [0.25, 0.3) is 0 Å². The Labute approximate surface area is 95.2 Å². The van der Waals surface area contributed by atoms with Gasteiger partial charge in [0.15, 0.2) is 0 Å². The van der Waals surface area contributed by atoms with Crippen LogP contribution in [-0.2, 0) is 0 Å². The van der Waals surface area contributed by atoms with Gasteiger partial charge in [-0.05, 0) is 57.2 Å². The number of rotatable bonds is 8. The third-order valence-electron chi connectivity index (χ3n) is 3.82. The molecule has 15 heavy (non-hydrogen) atoms. The average Bonchev–Trinajstić information content (AvgIpc) is 2.07. The minimum absolute atomic E-state index is 0.515. The van der Waals surface area contributed by atoms with E-state index in [1.165, 1.54) is 45.2 Å². The Hall–Kier alpha value is -0.0800. The summed E-state index contributed by atoms with van der Waals surface area (Å²) in [6, 6.07) is 0. The lowest BCUT2D eigenvalue weighted by atomic mass is 9.67. The lowest BCUT2D eigenvalue weighted by Gasteiger charge is -2.40. The largest absolute Gasteiger partial charge is 0.320 e. The zero-order valence-electron chi connectivity index (χ0n) is 10.7. The second kappa shape index (κ2) is 6.49. The number of hydrogen-bond donors (Lipinski definition) is 2. The van der Waals surface area contributed by atoms with Crippen molar-refractivity contribution in [3.05, 3.63) is 0 Å². The summed E-state index contributed by atoms with van der Waals surface area (Å²) in [4.78, 5) is 0. The van der Waals surface area contributed by atoms with Crippen LogP contribution in [0.15, 0.2) is 0 Å². The van der Waals surface area contributed by atoms with Crippen molar-refractivity contribution in [1.82, 2.24) is 10.6 Å². The summed E-state index contributed by atoms with van der Waals surface area (Å²) in [5.74, 6) is 0.974. The van der Waals surface area contributed by atoms with E-state index in [4.69, 9.17) is 0 Å². The van der Waals surface area contributed by atoms with Crippen LogP contribution in [0.1, 0.15) is 46.0 Å². The minimum atomic E-state index is 0.515. The number of unbranched alkanes of at least 4 members (excludes halogenated alkanes) is 1. The SMILES string of the molecule is CNCCCCNCC(C)(C)C1CCC1. The molecule has 1 aliphatic rings. The molecule has 1 fully saturated rings. The van der Waals surface area contributed by atoms with Gasteiger partial charge in [0.05, 0.1) is 0 Å². The highest BCUT2D eigenvalue weighted by atomic mass is 14.9. The number of nitrogens with one attached hydrogen (secondary N) is 2.